The van der Waals surface area contributed by atoms with Crippen LogP contribution in [0.3, 0.4) is 0 Å². The fraction of sp³-hybridized carbons (Fsp3) is 0.258. The van der Waals surface area contributed by atoms with Crippen molar-refractivity contribution in [2.45, 2.75) is 25.8 Å². The SMILES string of the molecule is CCCCOc1cccc(C(O)=C2C(=O)C(=O)N(c3nc4ccc(OC)cc4s3)C2c2ccc(OC)c(OC)c2)c1. The zero-order valence-electron chi connectivity index (χ0n) is 23.2. The van der Waals surface area contributed by atoms with Gasteiger partial charge < -0.3 is 24.1 Å². The van der Waals surface area contributed by atoms with Crippen LogP contribution in [0.2, 0.25) is 0 Å². The Hall–Kier alpha value is -4.57. The van der Waals surface area contributed by atoms with Crippen molar-refractivity contribution >= 4 is 44.1 Å². The van der Waals surface area contributed by atoms with Gasteiger partial charge in [-0.25, -0.2) is 4.98 Å². The highest BCUT2D eigenvalue weighted by Gasteiger charge is 2.48. The molecule has 212 valence electrons. The molecule has 0 radical (unpaired) electrons. The molecule has 9 nitrogen and oxygen atoms in total. The largest absolute Gasteiger partial charge is 0.507 e. The summed E-state index contributed by atoms with van der Waals surface area (Å²) in [4.78, 5) is 33.3. The number of aromatic nitrogens is 1. The second-order valence-corrected chi connectivity index (χ2v) is 10.4. The summed E-state index contributed by atoms with van der Waals surface area (Å²) in [7, 11) is 4.60. The highest BCUT2D eigenvalue weighted by molar-refractivity contribution is 7.22. The summed E-state index contributed by atoms with van der Waals surface area (Å²) < 4.78 is 22.8. The number of rotatable bonds is 10. The molecule has 0 aliphatic carbocycles. The number of nitrogens with zero attached hydrogens (tertiary/aromatic N) is 2. The molecule has 10 heteroatoms. The molecule has 1 aromatic heterocycles. The van der Waals surface area contributed by atoms with Gasteiger partial charge in [0.25, 0.3) is 5.78 Å². The molecule has 41 heavy (non-hydrogen) atoms. The van der Waals surface area contributed by atoms with Gasteiger partial charge in [-0.05, 0) is 54.4 Å². The number of thiazole rings is 1. The molecular weight excluding hydrogens is 544 g/mol. The third-order valence-electron chi connectivity index (χ3n) is 6.83. The first kappa shape index (κ1) is 28.0. The van der Waals surface area contributed by atoms with E-state index in [4.69, 9.17) is 18.9 Å². The van der Waals surface area contributed by atoms with Crippen molar-refractivity contribution in [2.75, 3.05) is 32.8 Å². The van der Waals surface area contributed by atoms with Gasteiger partial charge >= 0.3 is 5.91 Å². The zero-order valence-corrected chi connectivity index (χ0v) is 24.0. The van der Waals surface area contributed by atoms with Gasteiger partial charge in [0, 0.05) is 5.56 Å². The third-order valence-corrected chi connectivity index (χ3v) is 7.85. The van der Waals surface area contributed by atoms with E-state index in [-0.39, 0.29) is 11.3 Å². The first-order valence-electron chi connectivity index (χ1n) is 13.1. The molecule has 1 amide bonds. The Morgan fingerprint density at radius 1 is 0.951 bits per heavy atom. The van der Waals surface area contributed by atoms with Crippen molar-refractivity contribution in [1.82, 2.24) is 4.98 Å². The maximum Gasteiger partial charge on any atom is 0.301 e. The lowest BCUT2D eigenvalue weighted by Crippen LogP contribution is -2.29. The molecule has 1 N–H and O–H groups in total. The van der Waals surface area contributed by atoms with Gasteiger partial charge in [-0.1, -0.05) is 42.9 Å². The Morgan fingerprint density at radius 3 is 2.49 bits per heavy atom. The predicted octanol–water partition coefficient (Wildman–Crippen LogP) is 6.13. The Balaban J connectivity index is 1.68. The lowest BCUT2D eigenvalue weighted by molar-refractivity contribution is -0.132. The second-order valence-electron chi connectivity index (χ2n) is 9.34. The molecule has 1 aliphatic rings. The van der Waals surface area contributed by atoms with Gasteiger partial charge in [0.05, 0.1) is 49.8 Å². The van der Waals surface area contributed by atoms with Crippen LogP contribution in [-0.4, -0.2) is 49.7 Å². The molecule has 1 unspecified atom stereocenters. The van der Waals surface area contributed by atoms with Crippen molar-refractivity contribution in [3.8, 4) is 23.0 Å². The minimum absolute atomic E-state index is 0.0650. The van der Waals surface area contributed by atoms with Gasteiger partial charge in [0.1, 0.15) is 17.3 Å². The summed E-state index contributed by atoms with van der Waals surface area (Å²) in [5.74, 6) is 0.165. The Bertz CT molecular complexity index is 1640. The van der Waals surface area contributed by atoms with Crippen molar-refractivity contribution in [1.29, 1.82) is 0 Å². The van der Waals surface area contributed by atoms with E-state index in [0.717, 1.165) is 17.5 Å². The van der Waals surface area contributed by atoms with E-state index in [1.807, 2.05) is 6.07 Å². The number of unbranched alkanes of at least 4 members (excludes halogenated alkanes) is 1. The molecule has 0 saturated carbocycles. The normalized spacial score (nSPS) is 16.3. The fourth-order valence-electron chi connectivity index (χ4n) is 4.71. The fourth-order valence-corrected chi connectivity index (χ4v) is 5.73. The number of carbonyl (C=O) groups is 2. The van der Waals surface area contributed by atoms with Crippen LogP contribution in [0.4, 0.5) is 5.13 Å². The van der Waals surface area contributed by atoms with Gasteiger partial charge in [0.2, 0.25) is 0 Å². The number of hydrogen-bond donors (Lipinski definition) is 1. The Kier molecular flexibility index (Phi) is 8.11. The third kappa shape index (κ3) is 5.30. The monoisotopic (exact) mass is 574 g/mol. The summed E-state index contributed by atoms with van der Waals surface area (Å²) in [6, 6.07) is 16.4. The van der Waals surface area contributed by atoms with Crippen molar-refractivity contribution < 1.29 is 33.6 Å². The smallest absolute Gasteiger partial charge is 0.301 e. The number of anilines is 1. The van der Waals surface area contributed by atoms with E-state index < -0.39 is 17.7 Å². The molecular formula is C31H30N2O7S. The predicted molar refractivity (Wildman–Crippen MR) is 157 cm³/mol. The number of hydrogen-bond acceptors (Lipinski definition) is 9. The quantitative estimate of drug-likeness (QED) is 0.104. The minimum Gasteiger partial charge on any atom is -0.507 e. The number of aliphatic hydroxyl groups excluding tert-OH is 1. The van der Waals surface area contributed by atoms with Crippen LogP contribution in [0.5, 0.6) is 23.0 Å². The molecule has 1 saturated heterocycles. The van der Waals surface area contributed by atoms with E-state index in [9.17, 15) is 14.7 Å². The number of benzene rings is 3. The molecule has 2 heterocycles. The summed E-state index contributed by atoms with van der Waals surface area (Å²) >= 11 is 1.25. The van der Waals surface area contributed by atoms with Crippen LogP contribution in [0.1, 0.15) is 36.9 Å². The first-order valence-corrected chi connectivity index (χ1v) is 13.9. The Labute approximate surface area is 241 Å². The second kappa shape index (κ2) is 11.9. The van der Waals surface area contributed by atoms with Crippen molar-refractivity contribution in [3.63, 3.8) is 0 Å². The average Bonchev–Trinajstić information content (AvgIpc) is 3.53. The number of ketones is 1. The lowest BCUT2D eigenvalue weighted by atomic mass is 9.95. The molecule has 0 bridgehead atoms. The Morgan fingerprint density at radius 2 is 1.76 bits per heavy atom. The van der Waals surface area contributed by atoms with E-state index in [1.54, 1.807) is 61.7 Å². The van der Waals surface area contributed by atoms with E-state index in [0.29, 0.717) is 51.4 Å². The number of Topliss-reactive ketones (excluding diaryl/α,β-unsaturated/α-hetero) is 1. The van der Waals surface area contributed by atoms with E-state index in [2.05, 4.69) is 11.9 Å². The topological polar surface area (TPSA) is 107 Å². The molecule has 3 aromatic carbocycles. The van der Waals surface area contributed by atoms with Gasteiger partial charge in [-0.15, -0.1) is 0 Å². The van der Waals surface area contributed by atoms with Crippen LogP contribution in [0.15, 0.2) is 66.2 Å². The van der Waals surface area contributed by atoms with E-state index >= 15 is 0 Å². The van der Waals surface area contributed by atoms with Crippen molar-refractivity contribution in [2.24, 2.45) is 0 Å². The summed E-state index contributed by atoms with van der Waals surface area (Å²) in [5.41, 5.74) is 1.48. The summed E-state index contributed by atoms with van der Waals surface area (Å²) in [6.07, 6.45) is 1.86. The number of aliphatic hydroxyl groups is 1. The molecule has 5 rings (SSSR count). The van der Waals surface area contributed by atoms with Crippen LogP contribution in [-0.2, 0) is 9.59 Å². The number of methoxy groups -OCH3 is 3. The summed E-state index contributed by atoms with van der Waals surface area (Å²) in [6.45, 7) is 2.60. The van der Waals surface area contributed by atoms with Crippen LogP contribution >= 0.6 is 11.3 Å². The maximum absolute atomic E-state index is 13.6. The molecule has 4 aromatic rings. The molecule has 1 atom stereocenters. The molecule has 0 spiro atoms. The number of carbonyl (C=O) groups excluding carboxylic acids is 2. The number of amides is 1. The van der Waals surface area contributed by atoms with Crippen LogP contribution in [0, 0.1) is 0 Å². The van der Waals surface area contributed by atoms with Crippen LogP contribution in [0.25, 0.3) is 16.0 Å². The van der Waals surface area contributed by atoms with Gasteiger partial charge in [-0.2, -0.15) is 0 Å². The molecule has 1 aliphatic heterocycles. The first-order chi connectivity index (χ1) is 19.9. The highest BCUT2D eigenvalue weighted by atomic mass is 32.1. The van der Waals surface area contributed by atoms with Crippen molar-refractivity contribution in [3.05, 3.63) is 77.4 Å². The maximum atomic E-state index is 13.6. The standard InChI is InChI=1S/C31H30N2O7S/c1-5-6-14-40-21-9-7-8-19(15-21)28(34)26-27(18-10-13-23(38-3)24(16-18)39-4)33(30(36)29(26)35)31-32-22-12-11-20(37-2)17-25(22)41-31/h7-13,15-17,27,34H,5-6,14H2,1-4H3. The molecule has 1 fully saturated rings. The van der Waals surface area contributed by atoms with Gasteiger partial charge in [0.15, 0.2) is 16.6 Å². The minimum atomic E-state index is -0.984. The average molecular weight is 575 g/mol. The van der Waals surface area contributed by atoms with Crippen LogP contribution < -0.4 is 23.8 Å². The van der Waals surface area contributed by atoms with E-state index in [1.165, 1.54) is 30.5 Å². The summed E-state index contributed by atoms with van der Waals surface area (Å²) in [5, 5.41) is 11.9. The number of fused-ring (bicyclic) bond motifs is 1. The van der Waals surface area contributed by atoms with Gasteiger partial charge in [-0.3, -0.25) is 14.5 Å². The lowest BCUT2D eigenvalue weighted by Gasteiger charge is -2.23. The highest BCUT2D eigenvalue weighted by Crippen LogP contribution is 2.46. The number of ether oxygens (including phenoxy) is 4. The zero-order chi connectivity index (χ0) is 29.1.